The zero-order chi connectivity index (χ0) is 9.03. The van der Waals surface area contributed by atoms with E-state index in [-0.39, 0.29) is 5.75 Å². The van der Waals surface area contributed by atoms with Crippen LogP contribution in [0.25, 0.3) is 0 Å². The quantitative estimate of drug-likeness (QED) is 0.823. The number of halogens is 1. The molecule has 0 saturated heterocycles. The van der Waals surface area contributed by atoms with Crippen LogP contribution < -0.4 is 0 Å². The van der Waals surface area contributed by atoms with Crippen LogP contribution in [0.15, 0.2) is 30.3 Å². The Labute approximate surface area is 79.9 Å². The molecule has 0 amide bonds. The average molecular weight is 251 g/mol. The van der Waals surface area contributed by atoms with Gasteiger partial charge in [-0.1, -0.05) is 30.3 Å². The van der Waals surface area contributed by atoms with Gasteiger partial charge in [0.25, 0.3) is 10.1 Å². The van der Waals surface area contributed by atoms with Gasteiger partial charge in [0.1, 0.15) is 22.0 Å². The SMILES string of the molecule is O=S(=O)(Cc1ccccc1)OBr. The van der Waals surface area contributed by atoms with Crippen molar-refractivity contribution in [2.45, 2.75) is 5.75 Å². The first-order valence-electron chi connectivity index (χ1n) is 3.21. The van der Waals surface area contributed by atoms with Gasteiger partial charge in [-0.3, -0.25) is 0 Å². The Balaban J connectivity index is 2.78. The highest BCUT2D eigenvalue weighted by molar-refractivity contribution is 9.06. The normalized spacial score (nSPS) is 11.4. The van der Waals surface area contributed by atoms with Gasteiger partial charge in [-0.15, -0.1) is 0 Å². The van der Waals surface area contributed by atoms with Crippen molar-refractivity contribution in [2.75, 3.05) is 0 Å². The molecule has 0 bridgehead atoms. The van der Waals surface area contributed by atoms with Crippen molar-refractivity contribution in [1.82, 2.24) is 0 Å². The molecule has 0 spiro atoms. The maximum atomic E-state index is 10.9. The van der Waals surface area contributed by atoms with Crippen molar-refractivity contribution < 1.29 is 11.7 Å². The molecule has 0 fully saturated rings. The molecule has 66 valence electrons. The van der Waals surface area contributed by atoms with E-state index in [2.05, 4.69) is 19.5 Å². The Morgan fingerprint density at radius 3 is 2.33 bits per heavy atom. The highest BCUT2D eigenvalue weighted by Gasteiger charge is 2.09. The van der Waals surface area contributed by atoms with Gasteiger partial charge >= 0.3 is 0 Å². The molecule has 0 saturated carbocycles. The van der Waals surface area contributed by atoms with Crippen LogP contribution in [0.4, 0.5) is 0 Å². The van der Waals surface area contributed by atoms with Gasteiger partial charge in [0.05, 0.1) is 0 Å². The summed E-state index contributed by atoms with van der Waals surface area (Å²) in [5, 5.41) is 0. The number of rotatable bonds is 3. The van der Waals surface area contributed by atoms with E-state index in [0.717, 1.165) is 0 Å². The van der Waals surface area contributed by atoms with Crippen molar-refractivity contribution in [3.8, 4) is 0 Å². The van der Waals surface area contributed by atoms with Gasteiger partial charge in [-0.2, -0.15) is 11.7 Å². The lowest BCUT2D eigenvalue weighted by Crippen LogP contribution is -2.02. The molecule has 0 aromatic heterocycles. The van der Waals surface area contributed by atoms with E-state index in [4.69, 9.17) is 0 Å². The second kappa shape index (κ2) is 4.02. The third kappa shape index (κ3) is 2.92. The molecule has 1 aromatic carbocycles. The van der Waals surface area contributed by atoms with Crippen LogP contribution in [0.5, 0.6) is 0 Å². The standard InChI is InChI=1S/C7H7BrO3S/c8-11-12(9,10)6-7-4-2-1-3-5-7/h1-5H,6H2. The van der Waals surface area contributed by atoms with Gasteiger partial charge < -0.3 is 0 Å². The predicted octanol–water partition coefficient (Wildman–Crippen LogP) is 1.84. The molecule has 1 aromatic rings. The molecule has 0 aliphatic carbocycles. The molecular weight excluding hydrogens is 244 g/mol. The number of hydrogen-bond acceptors (Lipinski definition) is 3. The first-order valence-corrected chi connectivity index (χ1v) is 5.43. The maximum absolute atomic E-state index is 10.9. The lowest BCUT2D eigenvalue weighted by atomic mass is 10.2. The van der Waals surface area contributed by atoms with E-state index in [0.29, 0.717) is 5.56 Å². The van der Waals surface area contributed by atoms with Crippen LogP contribution in [0, 0.1) is 0 Å². The molecule has 0 heterocycles. The summed E-state index contributed by atoms with van der Waals surface area (Å²) >= 11 is 2.44. The van der Waals surface area contributed by atoms with Crippen molar-refractivity contribution in [2.24, 2.45) is 0 Å². The monoisotopic (exact) mass is 250 g/mol. The minimum Gasteiger partial charge on any atom is -0.198 e. The predicted molar refractivity (Wildman–Crippen MR) is 49.1 cm³/mol. The minimum atomic E-state index is -3.46. The molecular formula is C7H7BrO3S. The van der Waals surface area contributed by atoms with Gasteiger partial charge in [0, 0.05) is 0 Å². The Kier molecular flexibility index (Phi) is 3.25. The summed E-state index contributed by atoms with van der Waals surface area (Å²) in [6.45, 7) is 0. The van der Waals surface area contributed by atoms with Crippen molar-refractivity contribution in [3.63, 3.8) is 0 Å². The zero-order valence-electron chi connectivity index (χ0n) is 6.10. The minimum absolute atomic E-state index is 0.112. The fraction of sp³-hybridized carbons (Fsp3) is 0.143. The van der Waals surface area contributed by atoms with Gasteiger partial charge in [0.2, 0.25) is 0 Å². The molecule has 0 atom stereocenters. The second-order valence-corrected chi connectivity index (χ2v) is 4.57. The summed E-state index contributed by atoms with van der Waals surface area (Å²) < 4.78 is 25.9. The molecule has 3 nitrogen and oxygen atoms in total. The highest BCUT2D eigenvalue weighted by atomic mass is 79.9. The fourth-order valence-electron chi connectivity index (χ4n) is 0.801. The van der Waals surface area contributed by atoms with Crippen molar-refractivity contribution >= 4 is 26.4 Å². The smallest absolute Gasteiger partial charge is 0.198 e. The largest absolute Gasteiger partial charge is 0.282 e. The third-order valence-electron chi connectivity index (χ3n) is 1.28. The van der Waals surface area contributed by atoms with Crippen molar-refractivity contribution in [3.05, 3.63) is 35.9 Å². The molecule has 0 N–H and O–H groups in total. The summed E-state index contributed by atoms with van der Waals surface area (Å²) in [4.78, 5) is 0. The van der Waals surface area contributed by atoms with Crippen LogP contribution in [-0.2, 0) is 19.1 Å². The lowest BCUT2D eigenvalue weighted by Gasteiger charge is -1.98. The first kappa shape index (κ1) is 9.70. The maximum Gasteiger partial charge on any atom is 0.282 e. The number of hydrogen-bond donors (Lipinski definition) is 0. The van der Waals surface area contributed by atoms with Gasteiger partial charge in [0.15, 0.2) is 0 Å². The Morgan fingerprint density at radius 2 is 1.83 bits per heavy atom. The van der Waals surface area contributed by atoms with E-state index < -0.39 is 10.1 Å². The van der Waals surface area contributed by atoms with Crippen LogP contribution in [-0.4, -0.2) is 8.42 Å². The van der Waals surface area contributed by atoms with E-state index >= 15 is 0 Å². The summed E-state index contributed by atoms with van der Waals surface area (Å²) in [5.74, 6) is -0.112. The van der Waals surface area contributed by atoms with E-state index in [1.165, 1.54) is 0 Å². The van der Waals surface area contributed by atoms with Crippen LogP contribution in [0.1, 0.15) is 5.56 Å². The van der Waals surface area contributed by atoms with Crippen LogP contribution in [0.3, 0.4) is 0 Å². The summed E-state index contributed by atoms with van der Waals surface area (Å²) in [6, 6.07) is 8.83. The topological polar surface area (TPSA) is 43.4 Å². The second-order valence-electron chi connectivity index (χ2n) is 2.25. The Hall–Kier alpha value is -0.390. The van der Waals surface area contributed by atoms with Gasteiger partial charge in [-0.25, -0.2) is 0 Å². The first-order chi connectivity index (χ1) is 5.64. The number of benzene rings is 1. The summed E-state index contributed by atoms with van der Waals surface area (Å²) in [7, 11) is -3.46. The molecule has 0 radical (unpaired) electrons. The van der Waals surface area contributed by atoms with Crippen LogP contribution >= 0.6 is 16.3 Å². The molecule has 0 unspecified atom stereocenters. The average Bonchev–Trinajstić information content (AvgIpc) is 2.06. The lowest BCUT2D eigenvalue weighted by molar-refractivity contribution is 0.526. The summed E-state index contributed by atoms with van der Waals surface area (Å²) in [6.07, 6.45) is 0. The molecule has 12 heavy (non-hydrogen) atoms. The Morgan fingerprint density at radius 1 is 1.25 bits per heavy atom. The zero-order valence-corrected chi connectivity index (χ0v) is 8.51. The fourth-order valence-corrected chi connectivity index (χ4v) is 1.73. The Bertz CT molecular complexity index is 333. The third-order valence-corrected chi connectivity index (χ3v) is 3.37. The molecule has 5 heteroatoms. The van der Waals surface area contributed by atoms with Crippen molar-refractivity contribution in [1.29, 1.82) is 0 Å². The molecule has 1 rings (SSSR count). The van der Waals surface area contributed by atoms with E-state index in [9.17, 15) is 8.42 Å². The van der Waals surface area contributed by atoms with E-state index in [1.807, 2.05) is 6.07 Å². The summed E-state index contributed by atoms with van der Waals surface area (Å²) in [5.41, 5.74) is 0.706. The van der Waals surface area contributed by atoms with E-state index in [1.54, 1.807) is 24.3 Å². The van der Waals surface area contributed by atoms with Gasteiger partial charge in [-0.05, 0) is 5.56 Å². The molecule has 0 aliphatic rings. The highest BCUT2D eigenvalue weighted by Crippen LogP contribution is 2.08. The van der Waals surface area contributed by atoms with Crippen LogP contribution in [0.2, 0.25) is 0 Å². The molecule has 0 aliphatic heterocycles.